The Kier molecular flexibility index (Phi) is 4.74. The van der Waals surface area contributed by atoms with E-state index in [1.54, 1.807) is 30.1 Å². The van der Waals surface area contributed by atoms with Crippen molar-refractivity contribution < 1.29 is 9.72 Å². The van der Waals surface area contributed by atoms with Gasteiger partial charge in [0.2, 0.25) is 0 Å². The molecule has 0 aliphatic rings. The summed E-state index contributed by atoms with van der Waals surface area (Å²) in [5, 5.41) is 18.2. The van der Waals surface area contributed by atoms with Crippen LogP contribution in [0.1, 0.15) is 21.6 Å². The Morgan fingerprint density at radius 3 is 2.69 bits per heavy atom. The number of amides is 1. The number of aryl methyl sites for hydroxylation is 1. The molecule has 8 heteroatoms. The minimum Gasteiger partial charge on any atom is -0.346 e. The van der Waals surface area contributed by atoms with Crippen molar-refractivity contribution in [3.63, 3.8) is 0 Å². The van der Waals surface area contributed by atoms with Gasteiger partial charge in [0.15, 0.2) is 0 Å². The summed E-state index contributed by atoms with van der Waals surface area (Å²) < 4.78 is 1.73. The molecule has 0 bridgehead atoms. The normalized spacial score (nSPS) is 10.5. The molecule has 3 rings (SSSR count). The van der Waals surface area contributed by atoms with Gasteiger partial charge in [0, 0.05) is 42.2 Å². The van der Waals surface area contributed by atoms with Crippen LogP contribution in [0.25, 0.3) is 11.3 Å². The number of pyridine rings is 1. The molecule has 0 saturated carbocycles. The van der Waals surface area contributed by atoms with Crippen LogP contribution < -0.4 is 5.32 Å². The topological polar surface area (TPSA) is 103 Å². The lowest BCUT2D eigenvalue weighted by atomic mass is 10.1. The van der Waals surface area contributed by atoms with Crippen LogP contribution in [0.4, 0.5) is 5.69 Å². The predicted molar refractivity (Wildman–Crippen MR) is 95.4 cm³/mol. The summed E-state index contributed by atoms with van der Waals surface area (Å²) in [6.45, 7) is 1.79. The van der Waals surface area contributed by atoms with E-state index in [-0.39, 0.29) is 23.7 Å². The van der Waals surface area contributed by atoms with E-state index in [0.717, 1.165) is 11.3 Å². The lowest BCUT2D eigenvalue weighted by molar-refractivity contribution is -0.385. The average molecular weight is 351 g/mol. The summed E-state index contributed by atoms with van der Waals surface area (Å²) in [4.78, 5) is 26.9. The van der Waals surface area contributed by atoms with Gasteiger partial charge in [0.05, 0.1) is 22.9 Å². The highest BCUT2D eigenvalue weighted by molar-refractivity contribution is 5.96. The van der Waals surface area contributed by atoms with Crippen molar-refractivity contribution in [3.05, 3.63) is 75.7 Å². The van der Waals surface area contributed by atoms with Crippen molar-refractivity contribution in [2.45, 2.75) is 13.5 Å². The molecule has 26 heavy (non-hydrogen) atoms. The molecule has 1 amide bonds. The molecule has 0 atom stereocenters. The number of rotatable bonds is 5. The first-order chi connectivity index (χ1) is 12.5. The van der Waals surface area contributed by atoms with Gasteiger partial charge in [-0.1, -0.05) is 6.07 Å². The van der Waals surface area contributed by atoms with Crippen molar-refractivity contribution >= 4 is 11.6 Å². The van der Waals surface area contributed by atoms with Gasteiger partial charge in [-0.15, -0.1) is 0 Å². The van der Waals surface area contributed by atoms with Gasteiger partial charge in [-0.05, 0) is 31.2 Å². The lowest BCUT2D eigenvalue weighted by Gasteiger charge is -2.06. The van der Waals surface area contributed by atoms with E-state index in [1.807, 2.05) is 25.2 Å². The lowest BCUT2D eigenvalue weighted by Crippen LogP contribution is -2.24. The Balaban J connectivity index is 1.75. The van der Waals surface area contributed by atoms with Gasteiger partial charge < -0.3 is 5.32 Å². The Hall–Kier alpha value is -3.55. The van der Waals surface area contributed by atoms with Crippen LogP contribution in [0, 0.1) is 17.0 Å². The van der Waals surface area contributed by atoms with Crippen molar-refractivity contribution in [1.82, 2.24) is 20.1 Å². The highest BCUT2D eigenvalue weighted by Gasteiger charge is 2.18. The fourth-order valence-corrected chi connectivity index (χ4v) is 2.74. The Bertz CT molecular complexity index is 966. The molecular weight excluding hydrogens is 334 g/mol. The number of nitrogens with zero attached hydrogens (tertiary/aromatic N) is 4. The summed E-state index contributed by atoms with van der Waals surface area (Å²) in [6, 6.07) is 10.1. The molecule has 3 aromatic rings. The second-order valence-electron chi connectivity index (χ2n) is 5.77. The summed E-state index contributed by atoms with van der Waals surface area (Å²) in [7, 11) is 1.83. The second-order valence-corrected chi connectivity index (χ2v) is 5.77. The number of hydrogen-bond acceptors (Lipinski definition) is 5. The molecule has 132 valence electrons. The average Bonchev–Trinajstić information content (AvgIpc) is 3.01. The predicted octanol–water partition coefficient (Wildman–Crippen LogP) is 2.63. The molecule has 0 saturated heterocycles. The van der Waals surface area contributed by atoms with Crippen LogP contribution in [0.5, 0.6) is 0 Å². The van der Waals surface area contributed by atoms with Gasteiger partial charge in [-0.2, -0.15) is 5.10 Å². The molecule has 1 N–H and O–H groups in total. The third kappa shape index (κ3) is 3.44. The number of hydrogen-bond donors (Lipinski definition) is 1. The van der Waals surface area contributed by atoms with E-state index < -0.39 is 4.92 Å². The van der Waals surface area contributed by atoms with E-state index in [0.29, 0.717) is 11.3 Å². The van der Waals surface area contributed by atoms with Gasteiger partial charge in [0.25, 0.3) is 11.6 Å². The van der Waals surface area contributed by atoms with E-state index in [1.165, 1.54) is 12.1 Å². The van der Waals surface area contributed by atoms with Gasteiger partial charge in [0.1, 0.15) is 0 Å². The van der Waals surface area contributed by atoms with Gasteiger partial charge in [-0.3, -0.25) is 24.6 Å². The van der Waals surface area contributed by atoms with Crippen LogP contribution in [0.2, 0.25) is 0 Å². The first-order valence-corrected chi connectivity index (χ1v) is 7.93. The molecule has 0 spiro atoms. The van der Waals surface area contributed by atoms with E-state index in [2.05, 4.69) is 15.4 Å². The zero-order chi connectivity index (χ0) is 18.7. The van der Waals surface area contributed by atoms with Gasteiger partial charge in [-0.25, -0.2) is 0 Å². The zero-order valence-electron chi connectivity index (χ0n) is 14.3. The highest BCUT2D eigenvalue weighted by Crippen LogP contribution is 2.21. The molecule has 1 aromatic carbocycles. The molecule has 2 heterocycles. The van der Waals surface area contributed by atoms with E-state index in [9.17, 15) is 14.9 Å². The van der Waals surface area contributed by atoms with Gasteiger partial charge >= 0.3 is 0 Å². The van der Waals surface area contributed by atoms with Crippen LogP contribution in [0.15, 0.2) is 48.8 Å². The number of nitrogens with one attached hydrogen (secondary N) is 1. The van der Waals surface area contributed by atoms with Crippen molar-refractivity contribution in [2.75, 3.05) is 0 Å². The summed E-state index contributed by atoms with van der Waals surface area (Å²) >= 11 is 0. The third-order valence-electron chi connectivity index (χ3n) is 4.08. The number of carbonyl (C=O) groups excluding carboxylic acids is 1. The highest BCUT2D eigenvalue weighted by atomic mass is 16.6. The smallest absolute Gasteiger partial charge is 0.273 e. The molecule has 0 fully saturated rings. The summed E-state index contributed by atoms with van der Waals surface area (Å²) in [5.41, 5.74) is 3.12. The monoisotopic (exact) mass is 351 g/mol. The molecule has 0 unspecified atom stereocenters. The standard InChI is InChI=1S/C18H17N5O3/c1-12-15(4-3-5-16(12)23(25)26)18(24)20-11-14-10-17(22(2)21-14)13-6-8-19-9-7-13/h3-10H,11H2,1-2H3,(H,20,24). The minimum atomic E-state index is -0.494. The third-order valence-corrected chi connectivity index (χ3v) is 4.08. The molecular formula is C18H17N5O3. The molecule has 0 radical (unpaired) electrons. The number of benzene rings is 1. The van der Waals surface area contributed by atoms with Crippen LogP contribution in [-0.2, 0) is 13.6 Å². The maximum absolute atomic E-state index is 12.4. The Labute approximate surface area is 149 Å². The fourth-order valence-electron chi connectivity index (χ4n) is 2.74. The SMILES string of the molecule is Cc1c(C(=O)NCc2cc(-c3ccncc3)n(C)n2)cccc1[N+](=O)[O-]. The van der Waals surface area contributed by atoms with Crippen LogP contribution in [0.3, 0.4) is 0 Å². The number of nitro groups is 1. The van der Waals surface area contributed by atoms with Crippen molar-refractivity contribution in [2.24, 2.45) is 7.05 Å². The quantitative estimate of drug-likeness (QED) is 0.562. The first kappa shape index (κ1) is 17.3. The number of aromatic nitrogens is 3. The zero-order valence-corrected chi connectivity index (χ0v) is 14.3. The Morgan fingerprint density at radius 1 is 1.27 bits per heavy atom. The molecule has 2 aromatic heterocycles. The maximum atomic E-state index is 12.4. The summed E-state index contributed by atoms with van der Waals surface area (Å²) in [6.07, 6.45) is 3.41. The van der Waals surface area contributed by atoms with Crippen molar-refractivity contribution in [3.8, 4) is 11.3 Å². The first-order valence-electron chi connectivity index (χ1n) is 7.93. The van der Waals surface area contributed by atoms with Crippen molar-refractivity contribution in [1.29, 1.82) is 0 Å². The van der Waals surface area contributed by atoms with E-state index >= 15 is 0 Å². The van der Waals surface area contributed by atoms with E-state index in [4.69, 9.17) is 0 Å². The largest absolute Gasteiger partial charge is 0.346 e. The second kappa shape index (κ2) is 7.14. The molecule has 8 nitrogen and oxygen atoms in total. The Morgan fingerprint density at radius 2 is 2.00 bits per heavy atom. The molecule has 0 aliphatic heterocycles. The number of nitro benzene ring substituents is 1. The van der Waals surface area contributed by atoms with Crippen LogP contribution in [-0.4, -0.2) is 25.6 Å². The number of carbonyl (C=O) groups is 1. The fraction of sp³-hybridized carbons (Fsp3) is 0.167. The maximum Gasteiger partial charge on any atom is 0.273 e. The van der Waals surface area contributed by atoms with Crippen LogP contribution >= 0.6 is 0 Å². The molecule has 0 aliphatic carbocycles. The summed E-state index contributed by atoms with van der Waals surface area (Å²) in [5.74, 6) is -0.373. The minimum absolute atomic E-state index is 0.0736.